The van der Waals surface area contributed by atoms with Crippen LogP contribution in [-0.2, 0) is 0 Å². The van der Waals surface area contributed by atoms with Gasteiger partial charge in [0.25, 0.3) is 0 Å². The predicted molar refractivity (Wildman–Crippen MR) is 269 cm³/mol. The van der Waals surface area contributed by atoms with Gasteiger partial charge in [-0.1, -0.05) is 206 Å². The highest BCUT2D eigenvalue weighted by Gasteiger charge is 2.23. The molecule has 0 radical (unpaired) electrons. The van der Waals surface area contributed by atoms with Crippen molar-refractivity contribution in [3.8, 4) is 78.3 Å². The first-order chi connectivity index (χ1) is 31.7. The molecule has 64 heavy (non-hydrogen) atoms. The van der Waals surface area contributed by atoms with Crippen molar-refractivity contribution in [1.82, 2.24) is 0 Å². The number of benzene rings is 11. The Morgan fingerprint density at radius 2 is 0.781 bits per heavy atom. The van der Waals surface area contributed by atoms with Crippen LogP contribution in [0.2, 0.25) is 0 Å². The first-order valence-electron chi connectivity index (χ1n) is 21.9. The SMILES string of the molecule is c1ccc(-c2ccc(-c3ccccc3N(c3ccc(-c4ccc(-c5cccc6ccccc56)cc4)cc3)c3cccc(-c4ccc5c6c(cccc46)-c4ccccc4O5)c3)cc2)cc1. The van der Waals surface area contributed by atoms with Gasteiger partial charge in [-0.15, -0.1) is 0 Å². The predicted octanol–water partition coefficient (Wildman–Crippen LogP) is 17.6. The fourth-order valence-corrected chi connectivity index (χ4v) is 9.58. The molecule has 2 heteroatoms. The van der Waals surface area contributed by atoms with Gasteiger partial charge < -0.3 is 9.64 Å². The maximum absolute atomic E-state index is 6.48. The quantitative estimate of drug-likeness (QED) is 0.151. The third kappa shape index (κ3) is 6.61. The lowest BCUT2D eigenvalue weighted by atomic mass is 9.90. The maximum Gasteiger partial charge on any atom is 0.135 e. The monoisotopic (exact) mass is 815 g/mol. The highest BCUT2D eigenvalue weighted by Crippen LogP contribution is 2.49. The molecule has 0 aliphatic carbocycles. The lowest BCUT2D eigenvalue weighted by Crippen LogP contribution is -2.11. The first kappa shape index (κ1) is 37.3. The van der Waals surface area contributed by atoms with Gasteiger partial charge in [0.1, 0.15) is 11.5 Å². The summed E-state index contributed by atoms with van der Waals surface area (Å²) in [5.74, 6) is 1.78. The van der Waals surface area contributed by atoms with Crippen molar-refractivity contribution in [2.24, 2.45) is 0 Å². The largest absolute Gasteiger partial charge is 0.456 e. The average molecular weight is 816 g/mol. The lowest BCUT2D eigenvalue weighted by Gasteiger charge is -2.29. The van der Waals surface area contributed by atoms with Crippen molar-refractivity contribution >= 4 is 38.6 Å². The minimum absolute atomic E-state index is 0.890. The second-order valence-electron chi connectivity index (χ2n) is 16.4. The minimum Gasteiger partial charge on any atom is -0.456 e. The Bertz CT molecular complexity index is 3490. The molecule has 0 saturated carbocycles. The number of ether oxygens (including phenoxy) is 1. The smallest absolute Gasteiger partial charge is 0.135 e. The Hall–Kier alpha value is -8.46. The zero-order valence-electron chi connectivity index (χ0n) is 35.0. The highest BCUT2D eigenvalue weighted by atomic mass is 16.5. The van der Waals surface area contributed by atoms with E-state index in [4.69, 9.17) is 4.74 Å². The number of fused-ring (bicyclic) bond motifs is 3. The standard InChI is InChI=1S/C62H41NO/c1-2-13-42(14-3-1)43-29-33-48(34-30-43)55-20-6-8-25-59(55)63(50-37-35-45(36-38-50)44-27-31-47(32-28-44)53-22-11-16-46-15-4-5-19-52(46)53)51-18-10-17-49(41-51)54-39-40-61-62-57(54)23-12-24-58(62)56-21-7-9-26-60(56)64-61/h1-41H. The van der Waals surface area contributed by atoms with Crippen molar-refractivity contribution in [2.75, 3.05) is 4.90 Å². The van der Waals surface area contributed by atoms with E-state index in [0.717, 1.165) is 61.8 Å². The van der Waals surface area contributed by atoms with Gasteiger partial charge in [-0.2, -0.15) is 0 Å². The van der Waals surface area contributed by atoms with E-state index >= 15 is 0 Å². The van der Waals surface area contributed by atoms with Crippen LogP contribution in [0.5, 0.6) is 11.5 Å². The van der Waals surface area contributed by atoms with Crippen LogP contribution in [0.1, 0.15) is 0 Å². The molecule has 0 unspecified atom stereocenters. The topological polar surface area (TPSA) is 12.5 Å². The van der Waals surface area contributed by atoms with E-state index in [-0.39, 0.29) is 0 Å². The van der Waals surface area contributed by atoms with Crippen LogP contribution in [0.3, 0.4) is 0 Å². The molecule has 11 aromatic carbocycles. The summed E-state index contributed by atoms with van der Waals surface area (Å²) in [6.07, 6.45) is 0. The van der Waals surface area contributed by atoms with E-state index in [1.54, 1.807) is 0 Å². The van der Waals surface area contributed by atoms with E-state index in [1.165, 1.54) is 55.1 Å². The maximum atomic E-state index is 6.48. The molecule has 0 spiro atoms. The number of hydrogen-bond donors (Lipinski definition) is 0. The van der Waals surface area contributed by atoms with E-state index in [9.17, 15) is 0 Å². The third-order valence-electron chi connectivity index (χ3n) is 12.7. The molecule has 1 aliphatic rings. The molecule has 0 amide bonds. The number of anilines is 3. The summed E-state index contributed by atoms with van der Waals surface area (Å²) in [7, 11) is 0. The van der Waals surface area contributed by atoms with Crippen LogP contribution < -0.4 is 9.64 Å². The van der Waals surface area contributed by atoms with Gasteiger partial charge in [0.05, 0.1) is 5.69 Å². The Labute approximate surface area is 373 Å². The number of hydrogen-bond acceptors (Lipinski definition) is 2. The summed E-state index contributed by atoms with van der Waals surface area (Å²) < 4.78 is 6.48. The summed E-state index contributed by atoms with van der Waals surface area (Å²) in [6, 6.07) is 89.6. The van der Waals surface area contributed by atoms with Gasteiger partial charge in [0, 0.05) is 27.9 Å². The molecule has 0 bridgehead atoms. The van der Waals surface area contributed by atoms with Crippen LogP contribution >= 0.6 is 0 Å². The van der Waals surface area contributed by atoms with Crippen LogP contribution in [0.15, 0.2) is 249 Å². The minimum atomic E-state index is 0.890. The number of rotatable bonds is 8. The molecule has 0 aromatic heterocycles. The molecular weight excluding hydrogens is 775 g/mol. The van der Waals surface area contributed by atoms with E-state index in [1.807, 2.05) is 12.1 Å². The second-order valence-corrected chi connectivity index (χ2v) is 16.4. The Kier molecular flexibility index (Phi) is 9.20. The fourth-order valence-electron chi connectivity index (χ4n) is 9.58. The third-order valence-corrected chi connectivity index (χ3v) is 12.7. The fraction of sp³-hybridized carbons (Fsp3) is 0. The molecule has 0 atom stereocenters. The van der Waals surface area contributed by atoms with Gasteiger partial charge in [0.2, 0.25) is 0 Å². The van der Waals surface area contributed by atoms with Crippen LogP contribution in [-0.4, -0.2) is 0 Å². The van der Waals surface area contributed by atoms with Crippen LogP contribution in [0.25, 0.3) is 88.3 Å². The van der Waals surface area contributed by atoms with Crippen LogP contribution in [0.4, 0.5) is 17.1 Å². The molecule has 2 nitrogen and oxygen atoms in total. The summed E-state index contributed by atoms with van der Waals surface area (Å²) >= 11 is 0. The van der Waals surface area contributed by atoms with E-state index in [2.05, 4.69) is 241 Å². The molecule has 1 heterocycles. The van der Waals surface area contributed by atoms with Gasteiger partial charge in [-0.25, -0.2) is 0 Å². The molecule has 11 aromatic rings. The molecule has 300 valence electrons. The number of para-hydroxylation sites is 2. The summed E-state index contributed by atoms with van der Waals surface area (Å²) in [4.78, 5) is 2.40. The van der Waals surface area contributed by atoms with Gasteiger partial charge in [-0.3, -0.25) is 0 Å². The van der Waals surface area contributed by atoms with Gasteiger partial charge in [-0.05, 0) is 114 Å². The van der Waals surface area contributed by atoms with Gasteiger partial charge in [0.15, 0.2) is 0 Å². The van der Waals surface area contributed by atoms with Crippen molar-refractivity contribution < 1.29 is 4.74 Å². The van der Waals surface area contributed by atoms with Gasteiger partial charge >= 0.3 is 0 Å². The lowest BCUT2D eigenvalue weighted by molar-refractivity contribution is 0.487. The van der Waals surface area contributed by atoms with Crippen LogP contribution in [0, 0.1) is 0 Å². The summed E-state index contributed by atoms with van der Waals surface area (Å²) in [5.41, 5.74) is 17.4. The Balaban J connectivity index is 0.958. The average Bonchev–Trinajstić information content (AvgIpc) is 3.37. The van der Waals surface area contributed by atoms with Crippen molar-refractivity contribution in [3.05, 3.63) is 249 Å². The molecule has 0 fully saturated rings. The molecular formula is C62H41NO. The van der Waals surface area contributed by atoms with Crippen molar-refractivity contribution in [1.29, 1.82) is 0 Å². The van der Waals surface area contributed by atoms with Crippen molar-refractivity contribution in [3.63, 3.8) is 0 Å². The summed E-state index contributed by atoms with van der Waals surface area (Å²) in [6.45, 7) is 0. The molecule has 12 rings (SSSR count). The highest BCUT2D eigenvalue weighted by molar-refractivity contribution is 6.10. The zero-order valence-corrected chi connectivity index (χ0v) is 35.0. The molecule has 0 N–H and O–H groups in total. The molecule has 0 saturated heterocycles. The molecule has 1 aliphatic heterocycles. The normalized spacial score (nSPS) is 11.6. The second kappa shape index (κ2) is 15.8. The Morgan fingerprint density at radius 3 is 1.58 bits per heavy atom. The first-order valence-corrected chi connectivity index (χ1v) is 21.9. The zero-order chi connectivity index (χ0) is 42.4. The van der Waals surface area contributed by atoms with E-state index in [0.29, 0.717) is 0 Å². The Morgan fingerprint density at radius 1 is 0.266 bits per heavy atom. The van der Waals surface area contributed by atoms with Crippen molar-refractivity contribution in [2.45, 2.75) is 0 Å². The summed E-state index contributed by atoms with van der Waals surface area (Å²) in [5, 5.41) is 4.83. The van der Waals surface area contributed by atoms with E-state index < -0.39 is 0 Å². The number of nitrogens with zero attached hydrogens (tertiary/aromatic N) is 1.